The number of alkyl halides is 3. The van der Waals surface area contributed by atoms with Gasteiger partial charge >= 0.3 is 6.18 Å². The highest BCUT2D eigenvalue weighted by Gasteiger charge is 2.30. The third-order valence-corrected chi connectivity index (χ3v) is 2.93. The van der Waals surface area contributed by atoms with Gasteiger partial charge in [-0.25, -0.2) is 4.98 Å². The zero-order valence-corrected chi connectivity index (χ0v) is 13.6. The lowest BCUT2D eigenvalue weighted by molar-refractivity contribution is -0.137. The van der Waals surface area contributed by atoms with Crippen LogP contribution in [0.5, 0.6) is 0 Å². The number of amides is 1. The van der Waals surface area contributed by atoms with Crippen LogP contribution >= 0.6 is 12.4 Å². The number of carbonyl (C=O) groups excluding carboxylic acids is 1. The molecule has 1 aromatic heterocycles. The second kappa shape index (κ2) is 8.49. The molecule has 2 rings (SSSR count). The topological polar surface area (TPSA) is 119 Å². The predicted octanol–water partition coefficient (Wildman–Crippen LogP) is 2.13. The van der Waals surface area contributed by atoms with E-state index in [1.54, 1.807) is 0 Å². The number of rotatable bonds is 6. The highest BCUT2D eigenvalue weighted by Crippen LogP contribution is 2.31. The van der Waals surface area contributed by atoms with E-state index in [0.717, 1.165) is 12.1 Å². The van der Waals surface area contributed by atoms with Gasteiger partial charge in [0.25, 0.3) is 5.91 Å². The number of hydrogen-bond acceptors (Lipinski definition) is 6. The fourth-order valence-corrected chi connectivity index (χ4v) is 1.84. The summed E-state index contributed by atoms with van der Waals surface area (Å²) in [5.74, 6) is -0.647. The number of benzene rings is 1. The monoisotopic (exact) mass is 376 g/mol. The van der Waals surface area contributed by atoms with Gasteiger partial charge in [-0.1, -0.05) is 6.07 Å². The van der Waals surface area contributed by atoms with Crippen LogP contribution < -0.4 is 22.1 Å². The summed E-state index contributed by atoms with van der Waals surface area (Å²) in [6.45, 7) is 0.718. The number of hydrogen-bond donors (Lipinski definition) is 4. The Morgan fingerprint density at radius 2 is 2.00 bits per heavy atom. The van der Waals surface area contributed by atoms with Gasteiger partial charge in [-0.3, -0.25) is 4.79 Å². The summed E-state index contributed by atoms with van der Waals surface area (Å²) >= 11 is 0. The number of nitrogens with zero attached hydrogens (tertiary/aromatic N) is 2. The molecule has 1 heterocycles. The van der Waals surface area contributed by atoms with E-state index in [2.05, 4.69) is 20.6 Å². The summed E-state index contributed by atoms with van der Waals surface area (Å²) in [6, 6.07) is 4.49. The van der Waals surface area contributed by atoms with Crippen molar-refractivity contribution >= 4 is 35.8 Å². The molecule has 0 saturated carbocycles. The molecule has 0 radical (unpaired) electrons. The lowest BCUT2D eigenvalue weighted by Crippen LogP contribution is -2.18. The third kappa shape index (κ3) is 5.47. The molecule has 25 heavy (non-hydrogen) atoms. The van der Waals surface area contributed by atoms with Gasteiger partial charge < -0.3 is 22.1 Å². The van der Waals surface area contributed by atoms with Crippen molar-refractivity contribution in [3.8, 4) is 0 Å². The maximum absolute atomic E-state index is 12.8. The molecule has 0 spiro atoms. The molecule has 6 N–H and O–H groups in total. The fraction of sp³-hybridized carbons (Fsp3) is 0.214. The Morgan fingerprint density at radius 1 is 1.28 bits per heavy atom. The van der Waals surface area contributed by atoms with E-state index in [-0.39, 0.29) is 35.4 Å². The van der Waals surface area contributed by atoms with Crippen molar-refractivity contribution in [1.29, 1.82) is 0 Å². The smallest absolute Gasteiger partial charge is 0.365 e. The minimum Gasteiger partial charge on any atom is -0.365 e. The van der Waals surface area contributed by atoms with Crippen LogP contribution in [-0.2, 0) is 6.18 Å². The minimum atomic E-state index is -4.48. The third-order valence-electron chi connectivity index (χ3n) is 2.93. The van der Waals surface area contributed by atoms with E-state index in [4.69, 9.17) is 11.5 Å². The van der Waals surface area contributed by atoms with Gasteiger partial charge in [0.15, 0.2) is 0 Å². The van der Waals surface area contributed by atoms with Crippen molar-refractivity contribution in [2.75, 3.05) is 23.7 Å². The van der Waals surface area contributed by atoms with Gasteiger partial charge in [-0.2, -0.15) is 18.2 Å². The summed E-state index contributed by atoms with van der Waals surface area (Å²) in [7, 11) is 0. The van der Waals surface area contributed by atoms with Crippen molar-refractivity contribution < 1.29 is 18.0 Å². The molecule has 1 aromatic carbocycles. The van der Waals surface area contributed by atoms with Crippen LogP contribution in [0.15, 0.2) is 30.5 Å². The largest absolute Gasteiger partial charge is 0.416 e. The molecule has 0 fully saturated rings. The molecule has 0 bridgehead atoms. The van der Waals surface area contributed by atoms with Gasteiger partial charge in [-0.05, 0) is 18.2 Å². The van der Waals surface area contributed by atoms with Crippen LogP contribution in [0.2, 0.25) is 0 Å². The molecule has 0 aliphatic carbocycles. The summed E-state index contributed by atoms with van der Waals surface area (Å²) in [5, 5.41) is 5.46. The van der Waals surface area contributed by atoms with E-state index >= 15 is 0 Å². The van der Waals surface area contributed by atoms with Crippen LogP contribution in [0.1, 0.15) is 15.9 Å². The molecule has 0 aliphatic rings. The van der Waals surface area contributed by atoms with Gasteiger partial charge in [0.2, 0.25) is 5.95 Å². The van der Waals surface area contributed by atoms with Crippen LogP contribution in [-0.4, -0.2) is 29.0 Å². The zero-order chi connectivity index (χ0) is 17.7. The molecule has 2 aromatic rings. The molecule has 1 amide bonds. The molecule has 7 nitrogen and oxygen atoms in total. The quantitative estimate of drug-likeness (QED) is 0.613. The Hall–Kier alpha value is -2.59. The number of carbonyl (C=O) groups is 1. The molecule has 11 heteroatoms. The first-order valence-electron chi connectivity index (χ1n) is 6.86. The fourth-order valence-electron chi connectivity index (χ4n) is 1.84. The molecule has 0 aliphatic heterocycles. The minimum absolute atomic E-state index is 0. The first-order chi connectivity index (χ1) is 11.3. The Balaban J connectivity index is 0.00000312. The number of nitrogens with one attached hydrogen (secondary N) is 2. The standard InChI is InChI=1S/C14H15F3N6O.ClH/c15-14(16,17)8-2-1-3-9(6-8)22-12-10(11(19)24)7-21-13(23-12)20-5-4-18;/h1-3,6-7H,4-5,18H2,(H2,19,24)(H2,20,21,22,23);1H. The van der Waals surface area contributed by atoms with E-state index in [0.29, 0.717) is 13.1 Å². The highest BCUT2D eigenvalue weighted by molar-refractivity contribution is 5.98. The van der Waals surface area contributed by atoms with Gasteiger partial charge in [0.1, 0.15) is 11.4 Å². The van der Waals surface area contributed by atoms with Crippen molar-refractivity contribution in [2.24, 2.45) is 11.5 Å². The predicted molar refractivity (Wildman–Crippen MR) is 90.1 cm³/mol. The number of nitrogens with two attached hydrogens (primary N) is 2. The van der Waals surface area contributed by atoms with Crippen LogP contribution in [0, 0.1) is 0 Å². The second-order valence-corrected chi connectivity index (χ2v) is 4.74. The Labute approximate surface area is 147 Å². The second-order valence-electron chi connectivity index (χ2n) is 4.74. The van der Waals surface area contributed by atoms with Crippen molar-refractivity contribution in [3.05, 3.63) is 41.6 Å². The molecular formula is C14H16ClF3N6O. The van der Waals surface area contributed by atoms with Gasteiger partial charge in [-0.15, -0.1) is 12.4 Å². The first-order valence-corrected chi connectivity index (χ1v) is 6.86. The molecule has 0 unspecified atom stereocenters. The lowest BCUT2D eigenvalue weighted by atomic mass is 10.2. The maximum Gasteiger partial charge on any atom is 0.416 e. The van der Waals surface area contributed by atoms with E-state index in [1.807, 2.05) is 0 Å². The van der Waals surface area contributed by atoms with E-state index < -0.39 is 17.6 Å². The summed E-state index contributed by atoms with van der Waals surface area (Å²) in [4.78, 5) is 19.4. The summed E-state index contributed by atoms with van der Waals surface area (Å²) < 4.78 is 38.3. The lowest BCUT2D eigenvalue weighted by Gasteiger charge is -2.13. The Bertz CT molecular complexity index is 741. The Morgan fingerprint density at radius 3 is 2.60 bits per heavy atom. The molecular weight excluding hydrogens is 361 g/mol. The summed E-state index contributed by atoms with van der Waals surface area (Å²) in [5.41, 5.74) is 9.82. The maximum atomic E-state index is 12.8. The Kier molecular flexibility index (Phi) is 6.95. The number of aromatic nitrogens is 2. The average molecular weight is 377 g/mol. The molecule has 0 atom stereocenters. The average Bonchev–Trinajstić information content (AvgIpc) is 2.52. The van der Waals surface area contributed by atoms with Crippen LogP contribution in [0.25, 0.3) is 0 Å². The van der Waals surface area contributed by atoms with Crippen molar-refractivity contribution in [2.45, 2.75) is 6.18 Å². The highest BCUT2D eigenvalue weighted by atomic mass is 35.5. The van der Waals surface area contributed by atoms with Crippen LogP contribution in [0.3, 0.4) is 0 Å². The molecule has 0 saturated heterocycles. The van der Waals surface area contributed by atoms with Crippen molar-refractivity contribution in [1.82, 2.24) is 9.97 Å². The number of primary amides is 1. The summed E-state index contributed by atoms with van der Waals surface area (Å²) in [6.07, 6.45) is -3.30. The number of anilines is 3. The van der Waals surface area contributed by atoms with E-state index in [9.17, 15) is 18.0 Å². The molecule has 136 valence electrons. The van der Waals surface area contributed by atoms with Gasteiger partial charge in [0, 0.05) is 25.0 Å². The zero-order valence-electron chi connectivity index (χ0n) is 12.8. The van der Waals surface area contributed by atoms with Crippen molar-refractivity contribution in [3.63, 3.8) is 0 Å². The SMILES string of the molecule is Cl.NCCNc1ncc(C(N)=O)c(Nc2cccc(C(F)(F)F)c2)n1. The first kappa shape index (κ1) is 20.5. The van der Waals surface area contributed by atoms with Gasteiger partial charge in [0.05, 0.1) is 5.56 Å². The normalized spacial score (nSPS) is 10.7. The van der Waals surface area contributed by atoms with Crippen LogP contribution in [0.4, 0.5) is 30.6 Å². The number of halogens is 4. The van der Waals surface area contributed by atoms with E-state index in [1.165, 1.54) is 18.3 Å².